The first-order chi connectivity index (χ1) is 20.1. The summed E-state index contributed by atoms with van der Waals surface area (Å²) in [5.74, 6) is -2.34. The summed E-state index contributed by atoms with van der Waals surface area (Å²) >= 11 is 0. The van der Waals surface area contributed by atoms with E-state index in [-0.39, 0.29) is 48.6 Å². The summed E-state index contributed by atoms with van der Waals surface area (Å²) in [6, 6.07) is 18.8. The molecular formula is C30H31F2N5O4S. The summed E-state index contributed by atoms with van der Waals surface area (Å²) in [4.78, 5) is 24.1. The van der Waals surface area contributed by atoms with Crippen LogP contribution in [0.2, 0.25) is 0 Å². The van der Waals surface area contributed by atoms with E-state index < -0.39 is 21.9 Å². The second-order valence-electron chi connectivity index (χ2n) is 10.2. The van der Waals surface area contributed by atoms with E-state index in [9.17, 15) is 22.0 Å². The number of amides is 1. The molecule has 220 valence electrons. The standard InChI is InChI=1S/C30H31F2N5O4S/c1-36(20-21-8-10-24(41-2)11-9-21)42(39,40)27-19-23(12-15-33-27)34-29(38)25-18-22-6-3-4-7-26(22)35-28(25)37-16-5-13-30(31,32)14-17-37/h3-4,6-12,15,18-19H,5,13-14,16-17,20H2,1-2H3,(H,33,34,38). The average molecular weight is 596 g/mol. The summed E-state index contributed by atoms with van der Waals surface area (Å²) in [7, 11) is -0.996. The van der Waals surface area contributed by atoms with Crippen LogP contribution in [0.4, 0.5) is 20.3 Å². The Hall–Kier alpha value is -4.16. The maximum atomic E-state index is 14.1. The topological polar surface area (TPSA) is 105 Å². The van der Waals surface area contributed by atoms with Crippen molar-refractivity contribution < 1.29 is 26.7 Å². The highest BCUT2D eigenvalue weighted by Crippen LogP contribution is 2.32. The smallest absolute Gasteiger partial charge is 0.260 e. The molecule has 0 spiro atoms. The zero-order valence-corrected chi connectivity index (χ0v) is 24.1. The normalized spacial score (nSPS) is 15.4. The summed E-state index contributed by atoms with van der Waals surface area (Å²) in [5, 5.41) is 3.24. The molecule has 0 radical (unpaired) electrons. The number of methoxy groups -OCH3 is 1. The molecule has 0 saturated carbocycles. The molecule has 1 aliphatic heterocycles. The van der Waals surface area contributed by atoms with Crippen LogP contribution in [0.15, 0.2) is 78.0 Å². The molecule has 0 unspecified atom stereocenters. The number of hydrogen-bond acceptors (Lipinski definition) is 7. The Bertz CT molecular complexity index is 1700. The number of carbonyl (C=O) groups excluding carboxylic acids is 1. The number of aromatic nitrogens is 2. The molecule has 12 heteroatoms. The first kappa shape index (κ1) is 29.3. The lowest BCUT2D eigenvalue weighted by Crippen LogP contribution is -2.29. The Morgan fingerprint density at radius 1 is 1.07 bits per heavy atom. The number of rotatable bonds is 8. The lowest BCUT2D eigenvalue weighted by Gasteiger charge is -2.24. The zero-order valence-electron chi connectivity index (χ0n) is 23.3. The summed E-state index contributed by atoms with van der Waals surface area (Å²) in [6.45, 7) is 0.488. The van der Waals surface area contributed by atoms with Crippen molar-refractivity contribution in [2.24, 2.45) is 0 Å². The second kappa shape index (κ2) is 12.0. The van der Waals surface area contributed by atoms with Crippen molar-refractivity contribution >= 4 is 38.3 Å². The second-order valence-corrected chi connectivity index (χ2v) is 12.2. The van der Waals surface area contributed by atoms with Gasteiger partial charge in [-0.2, -0.15) is 4.31 Å². The molecular weight excluding hydrogens is 564 g/mol. The van der Waals surface area contributed by atoms with Crippen LogP contribution in [0.1, 0.15) is 35.2 Å². The molecule has 2 aromatic carbocycles. The number of carbonyl (C=O) groups is 1. The zero-order chi connectivity index (χ0) is 29.9. The molecule has 1 amide bonds. The number of anilines is 2. The number of halogens is 2. The van der Waals surface area contributed by atoms with Gasteiger partial charge >= 0.3 is 0 Å². The lowest BCUT2D eigenvalue weighted by molar-refractivity contribution is -0.0102. The van der Waals surface area contributed by atoms with Gasteiger partial charge in [-0.15, -0.1) is 0 Å². The average Bonchev–Trinajstić information content (AvgIpc) is 3.17. The number of benzene rings is 2. The van der Waals surface area contributed by atoms with E-state index in [0.29, 0.717) is 29.0 Å². The van der Waals surface area contributed by atoms with Crippen molar-refractivity contribution in [3.63, 3.8) is 0 Å². The summed E-state index contributed by atoms with van der Waals surface area (Å²) in [5.41, 5.74) is 1.82. The van der Waals surface area contributed by atoms with Gasteiger partial charge in [-0.1, -0.05) is 30.3 Å². The van der Waals surface area contributed by atoms with E-state index in [1.807, 2.05) is 18.2 Å². The molecule has 4 aromatic rings. The maximum absolute atomic E-state index is 14.1. The SMILES string of the molecule is COc1ccc(CN(C)S(=O)(=O)c2cc(NC(=O)c3cc4ccccc4nc3N3CCCC(F)(F)CC3)ccn2)cc1. The number of alkyl halides is 2. The van der Waals surface area contributed by atoms with Crippen LogP contribution in [0.25, 0.3) is 10.9 Å². The molecule has 1 N–H and O–H groups in total. The van der Waals surface area contributed by atoms with Gasteiger partial charge in [-0.25, -0.2) is 27.2 Å². The fourth-order valence-corrected chi connectivity index (χ4v) is 5.96. The first-order valence-corrected chi connectivity index (χ1v) is 14.9. The molecule has 5 rings (SSSR count). The monoisotopic (exact) mass is 595 g/mol. The molecule has 0 aliphatic carbocycles. The van der Waals surface area contributed by atoms with Gasteiger partial charge in [-0.05, 0) is 42.3 Å². The van der Waals surface area contributed by atoms with Crippen molar-refractivity contribution in [2.45, 2.75) is 36.8 Å². The third-order valence-corrected chi connectivity index (χ3v) is 8.90. The molecule has 9 nitrogen and oxygen atoms in total. The minimum Gasteiger partial charge on any atom is -0.497 e. The van der Waals surface area contributed by atoms with Gasteiger partial charge in [0.05, 0.1) is 18.2 Å². The lowest BCUT2D eigenvalue weighted by atomic mass is 10.1. The third kappa shape index (κ3) is 6.50. The molecule has 1 aliphatic rings. The highest BCUT2D eigenvalue weighted by molar-refractivity contribution is 7.89. The largest absolute Gasteiger partial charge is 0.497 e. The van der Waals surface area contributed by atoms with Crippen LogP contribution in [-0.2, 0) is 16.6 Å². The summed E-state index contributed by atoms with van der Waals surface area (Å²) < 4.78 is 61.2. The Morgan fingerprint density at radius 3 is 2.60 bits per heavy atom. The van der Waals surface area contributed by atoms with Gasteiger partial charge in [0.15, 0.2) is 5.03 Å². The van der Waals surface area contributed by atoms with E-state index >= 15 is 0 Å². The Labute approximate surface area is 243 Å². The molecule has 3 heterocycles. The molecule has 0 atom stereocenters. The minimum atomic E-state index is -4.00. The number of para-hydroxylation sites is 1. The predicted octanol–water partition coefficient (Wildman–Crippen LogP) is 5.34. The number of nitrogens with one attached hydrogen (secondary N) is 1. The van der Waals surface area contributed by atoms with Crippen LogP contribution < -0.4 is 15.0 Å². The Morgan fingerprint density at radius 2 is 1.83 bits per heavy atom. The number of nitrogens with zero attached hydrogens (tertiary/aromatic N) is 4. The number of pyridine rings is 2. The molecule has 2 aromatic heterocycles. The predicted molar refractivity (Wildman–Crippen MR) is 157 cm³/mol. The van der Waals surface area contributed by atoms with E-state index in [4.69, 9.17) is 4.74 Å². The van der Waals surface area contributed by atoms with E-state index in [1.54, 1.807) is 48.4 Å². The first-order valence-electron chi connectivity index (χ1n) is 13.4. The van der Waals surface area contributed by atoms with E-state index in [1.165, 1.54) is 29.7 Å². The van der Waals surface area contributed by atoms with Crippen molar-refractivity contribution in [3.05, 3.63) is 84.1 Å². The fraction of sp³-hybridized carbons (Fsp3) is 0.300. The van der Waals surface area contributed by atoms with E-state index in [0.717, 1.165) is 5.56 Å². The van der Waals surface area contributed by atoms with Crippen LogP contribution in [-0.4, -0.2) is 61.8 Å². The quantitative estimate of drug-likeness (QED) is 0.293. The van der Waals surface area contributed by atoms with Crippen molar-refractivity contribution in [1.29, 1.82) is 0 Å². The van der Waals surface area contributed by atoms with Crippen molar-refractivity contribution in [2.75, 3.05) is 37.5 Å². The van der Waals surface area contributed by atoms with Crippen LogP contribution in [0, 0.1) is 0 Å². The van der Waals surface area contributed by atoms with Gasteiger partial charge in [0, 0.05) is 62.9 Å². The van der Waals surface area contributed by atoms with Crippen LogP contribution >= 0.6 is 0 Å². The number of ether oxygens (including phenoxy) is 1. The van der Waals surface area contributed by atoms with Gasteiger partial charge in [0.2, 0.25) is 5.92 Å². The Kier molecular flexibility index (Phi) is 8.37. The molecule has 1 saturated heterocycles. The highest BCUT2D eigenvalue weighted by Gasteiger charge is 2.33. The highest BCUT2D eigenvalue weighted by atomic mass is 32.2. The van der Waals surface area contributed by atoms with Crippen molar-refractivity contribution in [1.82, 2.24) is 14.3 Å². The van der Waals surface area contributed by atoms with Gasteiger partial charge in [-0.3, -0.25) is 4.79 Å². The fourth-order valence-electron chi connectivity index (χ4n) is 4.85. The third-order valence-electron chi connectivity index (χ3n) is 7.20. The number of sulfonamides is 1. The van der Waals surface area contributed by atoms with Gasteiger partial charge in [0.25, 0.3) is 15.9 Å². The Balaban J connectivity index is 1.40. The van der Waals surface area contributed by atoms with Crippen molar-refractivity contribution in [3.8, 4) is 5.75 Å². The molecule has 0 bridgehead atoms. The van der Waals surface area contributed by atoms with Crippen LogP contribution in [0.5, 0.6) is 5.75 Å². The number of fused-ring (bicyclic) bond motifs is 1. The van der Waals surface area contributed by atoms with Crippen LogP contribution in [0.3, 0.4) is 0 Å². The maximum Gasteiger partial charge on any atom is 0.260 e. The molecule has 1 fully saturated rings. The summed E-state index contributed by atoms with van der Waals surface area (Å²) in [6.07, 6.45) is 1.01. The van der Waals surface area contributed by atoms with Gasteiger partial charge < -0.3 is 15.0 Å². The van der Waals surface area contributed by atoms with Gasteiger partial charge in [0.1, 0.15) is 11.6 Å². The number of hydrogen-bond donors (Lipinski definition) is 1. The van der Waals surface area contributed by atoms with E-state index in [2.05, 4.69) is 15.3 Å². The molecule has 42 heavy (non-hydrogen) atoms. The minimum absolute atomic E-state index is 0.0524.